The zero-order valence-electron chi connectivity index (χ0n) is 10.0. The highest BCUT2D eigenvalue weighted by Crippen LogP contribution is 2.37. The number of rotatable bonds is 1. The van der Waals surface area contributed by atoms with E-state index in [0.29, 0.717) is 5.11 Å². The monoisotopic (exact) mass is 278 g/mol. The molecule has 18 heavy (non-hydrogen) atoms. The first-order valence-corrected chi connectivity index (χ1v) is 7.08. The fourth-order valence-electron chi connectivity index (χ4n) is 2.76. The van der Waals surface area contributed by atoms with E-state index in [-0.39, 0.29) is 6.04 Å². The van der Waals surface area contributed by atoms with Gasteiger partial charge in [0.2, 0.25) is 0 Å². The molecule has 1 aliphatic carbocycles. The van der Waals surface area contributed by atoms with Gasteiger partial charge in [0.25, 0.3) is 0 Å². The molecule has 4 heteroatoms. The maximum atomic E-state index is 6.31. The van der Waals surface area contributed by atoms with E-state index < -0.39 is 0 Å². The van der Waals surface area contributed by atoms with E-state index in [1.54, 1.807) is 0 Å². The summed E-state index contributed by atoms with van der Waals surface area (Å²) in [4.78, 5) is 0. The van der Waals surface area contributed by atoms with Crippen molar-refractivity contribution in [1.29, 1.82) is 0 Å². The average Bonchev–Trinajstić information content (AvgIpc) is 2.38. The minimum absolute atomic E-state index is 0.141. The van der Waals surface area contributed by atoms with E-state index in [9.17, 15) is 0 Å². The summed E-state index contributed by atoms with van der Waals surface area (Å²) in [6, 6.07) is 8.14. The molecule has 1 unspecified atom stereocenters. The molecule has 0 saturated heterocycles. The van der Waals surface area contributed by atoms with Crippen LogP contribution >= 0.6 is 23.8 Å². The molecule has 0 radical (unpaired) electrons. The molecule has 3 rings (SSSR count). The van der Waals surface area contributed by atoms with Crippen molar-refractivity contribution in [3.8, 4) is 0 Å². The van der Waals surface area contributed by atoms with Gasteiger partial charge in [0.15, 0.2) is 5.11 Å². The number of hydrogen-bond donors (Lipinski definition) is 2. The van der Waals surface area contributed by atoms with E-state index in [0.717, 1.165) is 23.4 Å². The van der Waals surface area contributed by atoms with Crippen molar-refractivity contribution in [3.63, 3.8) is 0 Å². The lowest BCUT2D eigenvalue weighted by Gasteiger charge is -2.35. The molecule has 2 aliphatic rings. The van der Waals surface area contributed by atoms with Crippen molar-refractivity contribution < 1.29 is 0 Å². The first-order chi connectivity index (χ1) is 8.75. The number of nitrogens with one attached hydrogen (secondary N) is 2. The van der Waals surface area contributed by atoms with Crippen LogP contribution in [0.15, 0.2) is 35.5 Å². The second kappa shape index (κ2) is 4.90. The molecular weight excluding hydrogens is 264 g/mol. The second-order valence-corrected chi connectivity index (χ2v) is 5.58. The zero-order chi connectivity index (χ0) is 12.5. The highest BCUT2D eigenvalue weighted by atomic mass is 35.5. The Morgan fingerprint density at radius 3 is 2.78 bits per heavy atom. The number of thiocarbonyl (C=S) groups is 1. The van der Waals surface area contributed by atoms with Crippen LogP contribution in [0.25, 0.3) is 0 Å². The lowest BCUT2D eigenvalue weighted by atomic mass is 9.86. The zero-order valence-corrected chi connectivity index (χ0v) is 11.6. The second-order valence-electron chi connectivity index (χ2n) is 4.76. The van der Waals surface area contributed by atoms with E-state index in [2.05, 4.69) is 16.7 Å². The van der Waals surface area contributed by atoms with Crippen molar-refractivity contribution in [3.05, 3.63) is 46.1 Å². The summed E-state index contributed by atoms with van der Waals surface area (Å²) in [5.41, 5.74) is 3.84. The quantitative estimate of drug-likeness (QED) is 0.766. The number of allylic oxidation sites excluding steroid dienone is 1. The largest absolute Gasteiger partial charge is 0.352 e. The topological polar surface area (TPSA) is 24.1 Å². The Morgan fingerprint density at radius 2 is 1.94 bits per heavy atom. The van der Waals surface area contributed by atoms with Crippen LogP contribution in [0.4, 0.5) is 0 Å². The molecule has 0 aromatic heterocycles. The third-order valence-electron chi connectivity index (χ3n) is 3.62. The molecule has 0 spiro atoms. The van der Waals surface area contributed by atoms with Gasteiger partial charge in [-0.2, -0.15) is 0 Å². The molecule has 1 aromatic rings. The van der Waals surface area contributed by atoms with Gasteiger partial charge >= 0.3 is 0 Å². The lowest BCUT2D eigenvalue weighted by Crippen LogP contribution is -2.44. The predicted molar refractivity (Wildman–Crippen MR) is 78.6 cm³/mol. The predicted octanol–water partition coefficient (Wildman–Crippen LogP) is 3.69. The molecule has 2 N–H and O–H groups in total. The highest BCUT2D eigenvalue weighted by molar-refractivity contribution is 7.80. The van der Waals surface area contributed by atoms with E-state index in [4.69, 9.17) is 23.8 Å². The van der Waals surface area contributed by atoms with Crippen molar-refractivity contribution >= 4 is 28.9 Å². The molecule has 1 aromatic carbocycles. The molecule has 2 nitrogen and oxygen atoms in total. The standard InChI is InChI=1S/C14H15ClN2S/c15-11-7-3-1-5-9(11)13-10-6-2-4-8-12(10)16-14(18)17-13/h1,3,5,7,13H,2,4,6,8H2,(H2,16,17,18). The van der Waals surface area contributed by atoms with Gasteiger partial charge < -0.3 is 10.6 Å². The van der Waals surface area contributed by atoms with Crippen LogP contribution in [0.5, 0.6) is 0 Å². The van der Waals surface area contributed by atoms with Crippen LogP contribution in [-0.4, -0.2) is 5.11 Å². The van der Waals surface area contributed by atoms with Crippen LogP contribution in [-0.2, 0) is 0 Å². The highest BCUT2D eigenvalue weighted by Gasteiger charge is 2.28. The fourth-order valence-corrected chi connectivity index (χ4v) is 3.24. The van der Waals surface area contributed by atoms with Crippen LogP contribution in [0.3, 0.4) is 0 Å². The Kier molecular flexibility index (Phi) is 3.27. The number of hydrogen-bond acceptors (Lipinski definition) is 1. The summed E-state index contributed by atoms with van der Waals surface area (Å²) >= 11 is 11.6. The minimum Gasteiger partial charge on any atom is -0.352 e. The SMILES string of the molecule is S=C1NC2=C(CCCC2)C(c2ccccc2Cl)N1. The molecular formula is C14H15ClN2S. The molecule has 0 saturated carbocycles. The van der Waals surface area contributed by atoms with Crippen molar-refractivity contribution in [2.75, 3.05) is 0 Å². The maximum absolute atomic E-state index is 6.31. The summed E-state index contributed by atoms with van der Waals surface area (Å²) in [7, 11) is 0. The molecule has 94 valence electrons. The van der Waals surface area contributed by atoms with Crippen molar-refractivity contribution in [1.82, 2.24) is 10.6 Å². The van der Waals surface area contributed by atoms with Crippen LogP contribution < -0.4 is 10.6 Å². The Labute approximate surface area is 117 Å². The number of halogens is 1. The third-order valence-corrected chi connectivity index (χ3v) is 4.18. The molecule has 0 bridgehead atoms. The molecule has 0 fully saturated rings. The van der Waals surface area contributed by atoms with E-state index >= 15 is 0 Å². The first-order valence-electron chi connectivity index (χ1n) is 6.29. The number of benzene rings is 1. The smallest absolute Gasteiger partial charge is 0.171 e. The Hall–Kier alpha value is -1.06. The van der Waals surface area contributed by atoms with Gasteiger partial charge in [-0.1, -0.05) is 29.8 Å². The van der Waals surface area contributed by atoms with Gasteiger partial charge in [-0.05, 0) is 55.1 Å². The normalized spacial score (nSPS) is 23.2. The van der Waals surface area contributed by atoms with Crippen LogP contribution in [0, 0.1) is 0 Å². The Morgan fingerprint density at radius 1 is 1.17 bits per heavy atom. The van der Waals surface area contributed by atoms with Gasteiger partial charge in [-0.25, -0.2) is 0 Å². The van der Waals surface area contributed by atoms with Gasteiger partial charge in [-0.3, -0.25) is 0 Å². The van der Waals surface area contributed by atoms with Crippen molar-refractivity contribution in [2.24, 2.45) is 0 Å². The first kappa shape index (κ1) is 12.0. The summed E-state index contributed by atoms with van der Waals surface area (Å²) in [5, 5.41) is 8.16. The molecule has 1 aliphatic heterocycles. The third kappa shape index (κ3) is 2.13. The summed E-state index contributed by atoms with van der Waals surface area (Å²) < 4.78 is 0. The maximum Gasteiger partial charge on any atom is 0.171 e. The van der Waals surface area contributed by atoms with Gasteiger partial charge in [0.05, 0.1) is 6.04 Å². The van der Waals surface area contributed by atoms with Gasteiger partial charge in [0.1, 0.15) is 0 Å². The Bertz CT molecular complexity index is 524. The van der Waals surface area contributed by atoms with Crippen LogP contribution in [0.2, 0.25) is 5.02 Å². The summed E-state index contributed by atoms with van der Waals surface area (Å²) in [5.74, 6) is 0. The molecule has 1 heterocycles. The fraction of sp³-hybridized carbons (Fsp3) is 0.357. The van der Waals surface area contributed by atoms with Crippen LogP contribution in [0.1, 0.15) is 37.3 Å². The van der Waals surface area contributed by atoms with Crippen molar-refractivity contribution in [2.45, 2.75) is 31.7 Å². The molecule has 1 atom stereocenters. The van der Waals surface area contributed by atoms with Gasteiger partial charge in [-0.15, -0.1) is 0 Å². The lowest BCUT2D eigenvalue weighted by molar-refractivity contribution is 0.561. The summed E-state index contributed by atoms with van der Waals surface area (Å²) in [6.07, 6.45) is 4.70. The molecule has 0 amide bonds. The van der Waals surface area contributed by atoms with Gasteiger partial charge in [0, 0.05) is 10.7 Å². The van der Waals surface area contributed by atoms with E-state index in [1.807, 2.05) is 18.2 Å². The summed E-state index contributed by atoms with van der Waals surface area (Å²) in [6.45, 7) is 0. The minimum atomic E-state index is 0.141. The average molecular weight is 279 g/mol. The Balaban J connectivity index is 2.05. The van der Waals surface area contributed by atoms with E-state index in [1.165, 1.54) is 24.1 Å².